The predicted molar refractivity (Wildman–Crippen MR) is 73.5 cm³/mol. The van der Waals surface area contributed by atoms with Crippen molar-refractivity contribution in [2.24, 2.45) is 0 Å². The minimum Gasteiger partial charge on any atom is -0.388 e. The van der Waals surface area contributed by atoms with E-state index in [0.29, 0.717) is 5.02 Å². The number of benzene rings is 1. The van der Waals surface area contributed by atoms with Crippen molar-refractivity contribution >= 4 is 17.3 Å². The molecule has 19 heavy (non-hydrogen) atoms. The van der Waals surface area contributed by atoms with Gasteiger partial charge in [-0.2, -0.15) is 0 Å². The van der Waals surface area contributed by atoms with E-state index in [9.17, 15) is 5.11 Å². The lowest BCUT2D eigenvalue weighted by molar-refractivity contribution is 0.0649. The monoisotopic (exact) mass is 281 g/mol. The maximum atomic E-state index is 9.95. The molecule has 0 aliphatic rings. The van der Waals surface area contributed by atoms with Crippen molar-refractivity contribution in [2.45, 2.75) is 32.4 Å². The summed E-state index contributed by atoms with van der Waals surface area (Å²) in [6, 6.07) is 5.26. The molecule has 0 amide bonds. The molecule has 0 saturated heterocycles. The van der Waals surface area contributed by atoms with Crippen molar-refractivity contribution in [2.75, 3.05) is 5.32 Å². The maximum absolute atomic E-state index is 9.95. The Balaban J connectivity index is 2.28. The van der Waals surface area contributed by atoms with Crippen molar-refractivity contribution in [1.82, 2.24) is 20.2 Å². The van der Waals surface area contributed by atoms with Crippen LogP contribution in [-0.2, 0) is 0 Å². The Hall–Kier alpha value is -1.66. The molecule has 2 aromatic rings. The molecule has 6 nitrogen and oxygen atoms in total. The zero-order valence-electron chi connectivity index (χ0n) is 11.0. The summed E-state index contributed by atoms with van der Waals surface area (Å²) in [6.45, 7) is 5.37. The van der Waals surface area contributed by atoms with E-state index in [1.54, 1.807) is 19.9 Å². The van der Waals surface area contributed by atoms with E-state index in [2.05, 4.69) is 20.8 Å². The summed E-state index contributed by atoms with van der Waals surface area (Å²) < 4.78 is 1.54. The Bertz CT molecular complexity index is 550. The van der Waals surface area contributed by atoms with Crippen LogP contribution in [-0.4, -0.2) is 37.0 Å². The van der Waals surface area contributed by atoms with E-state index < -0.39 is 5.60 Å². The first-order valence-corrected chi connectivity index (χ1v) is 6.27. The summed E-state index contributed by atoms with van der Waals surface area (Å²) in [5, 5.41) is 24.7. The van der Waals surface area contributed by atoms with E-state index >= 15 is 0 Å². The zero-order valence-corrected chi connectivity index (χ0v) is 11.8. The van der Waals surface area contributed by atoms with E-state index in [-0.39, 0.29) is 6.04 Å². The van der Waals surface area contributed by atoms with Gasteiger partial charge in [0.2, 0.25) is 0 Å². The lowest BCUT2D eigenvalue weighted by Crippen LogP contribution is -2.39. The second-order valence-corrected chi connectivity index (χ2v) is 5.35. The molecule has 1 unspecified atom stereocenters. The van der Waals surface area contributed by atoms with Crippen LogP contribution in [0.5, 0.6) is 0 Å². The molecule has 0 spiro atoms. The molecule has 0 bridgehead atoms. The van der Waals surface area contributed by atoms with Gasteiger partial charge in [0.25, 0.3) is 0 Å². The minimum absolute atomic E-state index is 0.158. The highest BCUT2D eigenvalue weighted by atomic mass is 35.5. The summed E-state index contributed by atoms with van der Waals surface area (Å²) in [5.41, 5.74) is 0.665. The highest BCUT2D eigenvalue weighted by Crippen LogP contribution is 2.26. The third-order valence-corrected chi connectivity index (χ3v) is 3.32. The number of aromatic nitrogens is 4. The first kappa shape index (κ1) is 13.8. The minimum atomic E-state index is -0.853. The molecule has 2 rings (SSSR count). The van der Waals surface area contributed by atoms with Gasteiger partial charge in [0.15, 0.2) is 0 Å². The largest absolute Gasteiger partial charge is 0.388 e. The Labute approximate surface area is 116 Å². The third kappa shape index (κ3) is 3.21. The van der Waals surface area contributed by atoms with Crippen LogP contribution in [0, 0.1) is 0 Å². The molecular weight excluding hydrogens is 266 g/mol. The number of aliphatic hydroxyl groups is 1. The van der Waals surface area contributed by atoms with E-state index in [1.165, 1.54) is 11.0 Å². The number of halogens is 1. The zero-order chi connectivity index (χ0) is 14.0. The number of rotatable bonds is 4. The number of tetrazole rings is 1. The fraction of sp³-hybridized carbons (Fsp3) is 0.417. The lowest BCUT2D eigenvalue weighted by atomic mass is 10.0. The Morgan fingerprint density at radius 1 is 1.42 bits per heavy atom. The smallest absolute Gasteiger partial charge is 0.143 e. The van der Waals surface area contributed by atoms with Gasteiger partial charge < -0.3 is 10.4 Å². The number of anilines is 1. The molecule has 102 valence electrons. The van der Waals surface area contributed by atoms with Gasteiger partial charge in [-0.05, 0) is 49.4 Å². The van der Waals surface area contributed by atoms with Crippen LogP contribution in [0.25, 0.3) is 5.69 Å². The van der Waals surface area contributed by atoms with Gasteiger partial charge in [0, 0.05) is 0 Å². The van der Waals surface area contributed by atoms with Crippen molar-refractivity contribution in [1.29, 1.82) is 0 Å². The maximum Gasteiger partial charge on any atom is 0.143 e. The first-order valence-electron chi connectivity index (χ1n) is 5.90. The van der Waals surface area contributed by atoms with Gasteiger partial charge >= 0.3 is 0 Å². The molecule has 1 aromatic carbocycles. The number of hydrogen-bond donors (Lipinski definition) is 2. The molecule has 1 aromatic heterocycles. The molecule has 0 aliphatic carbocycles. The normalized spacial score (nSPS) is 13.3. The van der Waals surface area contributed by atoms with E-state index in [0.717, 1.165) is 11.4 Å². The van der Waals surface area contributed by atoms with Crippen LogP contribution < -0.4 is 5.32 Å². The quantitative estimate of drug-likeness (QED) is 0.895. The average Bonchev–Trinajstić information content (AvgIpc) is 2.84. The second-order valence-electron chi connectivity index (χ2n) is 4.94. The Morgan fingerprint density at radius 3 is 2.74 bits per heavy atom. The number of nitrogens with zero attached hydrogens (tertiary/aromatic N) is 4. The Morgan fingerprint density at radius 2 is 2.16 bits per heavy atom. The summed E-state index contributed by atoms with van der Waals surface area (Å²) >= 11 is 6.15. The van der Waals surface area contributed by atoms with Gasteiger partial charge in [0.1, 0.15) is 6.33 Å². The standard InChI is InChI=1S/C12H16ClN5O/c1-8(12(2,3)19)15-11-6-9(4-5-10(11)13)18-7-14-16-17-18/h4-8,15,19H,1-3H3. The predicted octanol–water partition coefficient (Wildman–Crippen LogP) is 1.89. The number of nitrogens with one attached hydrogen (secondary N) is 1. The van der Waals surface area contributed by atoms with Crippen molar-refractivity contribution in [3.63, 3.8) is 0 Å². The molecule has 7 heteroatoms. The third-order valence-electron chi connectivity index (χ3n) is 3.00. The highest BCUT2D eigenvalue weighted by Gasteiger charge is 2.22. The lowest BCUT2D eigenvalue weighted by Gasteiger charge is -2.28. The summed E-state index contributed by atoms with van der Waals surface area (Å²) in [4.78, 5) is 0. The van der Waals surface area contributed by atoms with Gasteiger partial charge in [-0.15, -0.1) is 5.10 Å². The van der Waals surface area contributed by atoms with E-state index in [1.807, 2.05) is 19.1 Å². The molecule has 0 fully saturated rings. The van der Waals surface area contributed by atoms with Crippen LogP contribution in [0.4, 0.5) is 5.69 Å². The summed E-state index contributed by atoms with van der Waals surface area (Å²) in [5.74, 6) is 0. The number of hydrogen-bond acceptors (Lipinski definition) is 5. The molecule has 1 heterocycles. The van der Waals surface area contributed by atoms with Crippen molar-refractivity contribution < 1.29 is 5.11 Å². The fourth-order valence-electron chi connectivity index (χ4n) is 1.46. The van der Waals surface area contributed by atoms with Crippen LogP contribution in [0.15, 0.2) is 24.5 Å². The van der Waals surface area contributed by atoms with Gasteiger partial charge in [-0.1, -0.05) is 11.6 Å². The van der Waals surface area contributed by atoms with E-state index in [4.69, 9.17) is 11.6 Å². The molecule has 0 saturated carbocycles. The molecule has 1 atom stereocenters. The van der Waals surface area contributed by atoms with Crippen LogP contribution in [0.1, 0.15) is 20.8 Å². The first-order chi connectivity index (χ1) is 8.88. The second kappa shape index (κ2) is 5.14. The van der Waals surface area contributed by atoms with Crippen LogP contribution in [0.2, 0.25) is 5.02 Å². The fourth-order valence-corrected chi connectivity index (χ4v) is 1.63. The van der Waals surface area contributed by atoms with Crippen molar-refractivity contribution in [3.8, 4) is 5.69 Å². The highest BCUT2D eigenvalue weighted by molar-refractivity contribution is 6.33. The SMILES string of the molecule is CC(Nc1cc(-n2cnnn2)ccc1Cl)C(C)(C)O. The molecular formula is C12H16ClN5O. The van der Waals surface area contributed by atoms with Gasteiger partial charge in [0.05, 0.1) is 28.0 Å². The summed E-state index contributed by atoms with van der Waals surface area (Å²) in [6.07, 6.45) is 1.51. The van der Waals surface area contributed by atoms with Crippen LogP contribution in [0.3, 0.4) is 0 Å². The summed E-state index contributed by atoms with van der Waals surface area (Å²) in [7, 11) is 0. The average molecular weight is 282 g/mol. The molecule has 0 aliphatic heterocycles. The van der Waals surface area contributed by atoms with Gasteiger partial charge in [-0.25, -0.2) is 4.68 Å². The van der Waals surface area contributed by atoms with Gasteiger partial charge in [-0.3, -0.25) is 0 Å². The Kier molecular flexibility index (Phi) is 3.73. The van der Waals surface area contributed by atoms with Crippen LogP contribution >= 0.6 is 11.6 Å². The molecule has 2 N–H and O–H groups in total. The van der Waals surface area contributed by atoms with Crippen molar-refractivity contribution in [3.05, 3.63) is 29.5 Å². The molecule has 0 radical (unpaired) electrons. The topological polar surface area (TPSA) is 75.9 Å².